The maximum atomic E-state index is 12.6. The largest absolute Gasteiger partial charge is 1.00 e. The summed E-state index contributed by atoms with van der Waals surface area (Å²) in [7, 11) is 4.49. The average Bonchev–Trinajstić information content (AvgIpc) is 3.44. The average molecular weight is 679 g/mol. The number of esters is 2. The quantitative estimate of drug-likeness (QED) is 0.138. The van der Waals surface area contributed by atoms with E-state index in [0.717, 1.165) is 25.3 Å². The van der Waals surface area contributed by atoms with Crippen LogP contribution in [0.3, 0.4) is 0 Å². The van der Waals surface area contributed by atoms with E-state index in [4.69, 9.17) is 43.7 Å². The molecule has 260 valence electrons. The smallest absolute Gasteiger partial charge is 0.857 e. The second-order valence-electron chi connectivity index (χ2n) is 10.7. The number of hydrogen-bond donors (Lipinski definition) is 5. The SMILES string of the molecule is CO.COC1O[C@H](CO)[C@@H](O)[C@@]1(C)O.COC1O[C@H](COC(=O)c2ccc(C)cc2)[C@@H](OC(=O)c2ccc(C)cc2)[C@@]1(C)O.C[O-].[Na+]. The topological polar surface area (TPSA) is 214 Å². The zero-order valence-electron chi connectivity index (χ0n) is 28.4. The van der Waals surface area contributed by atoms with Crippen molar-refractivity contribution in [1.82, 2.24) is 0 Å². The van der Waals surface area contributed by atoms with E-state index in [0.29, 0.717) is 11.1 Å². The van der Waals surface area contributed by atoms with Crippen LogP contribution in [-0.4, -0.2) is 127 Å². The van der Waals surface area contributed by atoms with Crippen LogP contribution in [0.1, 0.15) is 45.7 Å². The molecule has 0 aromatic heterocycles. The Bertz CT molecular complexity index is 1190. The number of methoxy groups -OCH3 is 2. The first-order valence-corrected chi connectivity index (χ1v) is 14.2. The van der Waals surface area contributed by atoms with Crippen molar-refractivity contribution in [3.05, 3.63) is 70.8 Å². The number of carbonyl (C=O) groups is 2. The van der Waals surface area contributed by atoms with Gasteiger partial charge < -0.3 is 59.1 Å². The van der Waals surface area contributed by atoms with Gasteiger partial charge in [-0.3, -0.25) is 0 Å². The monoisotopic (exact) mass is 678 g/mol. The van der Waals surface area contributed by atoms with Gasteiger partial charge in [0.15, 0.2) is 24.3 Å². The van der Waals surface area contributed by atoms with Crippen LogP contribution in [0, 0.1) is 13.8 Å². The van der Waals surface area contributed by atoms with Crippen LogP contribution in [0.25, 0.3) is 0 Å². The summed E-state index contributed by atoms with van der Waals surface area (Å²) in [4.78, 5) is 24.9. The Morgan fingerprint density at radius 2 is 1.19 bits per heavy atom. The molecule has 5 N–H and O–H groups in total. The van der Waals surface area contributed by atoms with Crippen LogP contribution in [0.2, 0.25) is 0 Å². The fourth-order valence-corrected chi connectivity index (χ4v) is 4.62. The summed E-state index contributed by atoms with van der Waals surface area (Å²) in [6, 6.07) is 13.8. The van der Waals surface area contributed by atoms with Crippen LogP contribution >= 0.6 is 0 Å². The van der Waals surface area contributed by atoms with Gasteiger partial charge in [0.2, 0.25) is 0 Å². The number of aliphatic hydroxyl groups excluding tert-OH is 3. The summed E-state index contributed by atoms with van der Waals surface area (Å²) in [5.74, 6) is -1.15. The van der Waals surface area contributed by atoms with Gasteiger partial charge in [0, 0.05) is 21.3 Å². The Hall–Kier alpha value is -2.02. The molecule has 8 atom stereocenters. The molecule has 2 heterocycles. The van der Waals surface area contributed by atoms with Crippen molar-refractivity contribution in [2.24, 2.45) is 0 Å². The Kier molecular flexibility index (Phi) is 20.2. The first-order chi connectivity index (χ1) is 21.8. The van der Waals surface area contributed by atoms with Gasteiger partial charge in [0.1, 0.15) is 30.5 Å². The molecule has 47 heavy (non-hydrogen) atoms. The van der Waals surface area contributed by atoms with E-state index in [-0.39, 0.29) is 42.8 Å². The number of rotatable bonds is 8. The molecular weight excluding hydrogens is 631 g/mol. The zero-order chi connectivity index (χ0) is 35.2. The molecule has 0 amide bonds. The maximum Gasteiger partial charge on any atom is 1.00 e. The molecule has 2 aromatic carbocycles. The van der Waals surface area contributed by atoms with Crippen LogP contribution < -0.4 is 34.7 Å². The molecule has 0 spiro atoms. The van der Waals surface area contributed by atoms with Crippen molar-refractivity contribution in [1.29, 1.82) is 0 Å². The second-order valence-corrected chi connectivity index (χ2v) is 10.7. The van der Waals surface area contributed by atoms with Gasteiger partial charge in [0.05, 0.1) is 17.7 Å². The minimum absolute atomic E-state index is 0. The Labute approximate surface area is 297 Å². The molecule has 2 unspecified atom stereocenters. The van der Waals surface area contributed by atoms with Gasteiger partial charge in [0.25, 0.3) is 0 Å². The van der Waals surface area contributed by atoms with E-state index in [1.807, 2.05) is 13.8 Å². The van der Waals surface area contributed by atoms with Gasteiger partial charge in [-0.2, -0.15) is 7.11 Å². The number of aliphatic hydroxyl groups is 5. The summed E-state index contributed by atoms with van der Waals surface area (Å²) in [6.45, 7) is 6.14. The normalized spacial score (nSPS) is 29.0. The van der Waals surface area contributed by atoms with Crippen molar-refractivity contribution in [3.63, 3.8) is 0 Å². The first kappa shape index (κ1) is 45.0. The number of ether oxygens (including phenoxy) is 6. The molecular formula is C32H47NaO14. The van der Waals surface area contributed by atoms with E-state index < -0.39 is 60.1 Å². The molecule has 2 aliphatic heterocycles. The van der Waals surface area contributed by atoms with Gasteiger partial charge in [-0.05, 0) is 52.0 Å². The summed E-state index contributed by atoms with van der Waals surface area (Å²) in [6.07, 6.45) is -5.81. The third-order valence-corrected chi connectivity index (χ3v) is 7.21. The van der Waals surface area contributed by atoms with E-state index in [2.05, 4.69) is 0 Å². The minimum Gasteiger partial charge on any atom is -0.857 e. The maximum absolute atomic E-state index is 12.6. The fraction of sp³-hybridized carbons (Fsp3) is 0.562. The predicted molar refractivity (Wildman–Crippen MR) is 162 cm³/mol. The third-order valence-electron chi connectivity index (χ3n) is 7.21. The summed E-state index contributed by atoms with van der Waals surface area (Å²) in [5.41, 5.74) is -0.330. The number of aryl methyl sites for hydroxylation is 2. The van der Waals surface area contributed by atoms with Gasteiger partial charge in [-0.1, -0.05) is 35.4 Å². The Morgan fingerprint density at radius 1 is 0.787 bits per heavy atom. The van der Waals surface area contributed by atoms with Crippen LogP contribution in [0.4, 0.5) is 0 Å². The molecule has 2 aromatic rings. The molecule has 15 heteroatoms. The van der Waals surface area contributed by atoms with Crippen LogP contribution in [0.15, 0.2) is 48.5 Å². The van der Waals surface area contributed by atoms with Crippen molar-refractivity contribution >= 4 is 11.9 Å². The molecule has 2 fully saturated rings. The van der Waals surface area contributed by atoms with Crippen molar-refractivity contribution in [2.75, 3.05) is 41.7 Å². The number of hydrogen-bond acceptors (Lipinski definition) is 14. The number of carbonyl (C=O) groups excluding carboxylic acids is 2. The predicted octanol–water partition coefficient (Wildman–Crippen LogP) is -3.14. The zero-order valence-corrected chi connectivity index (χ0v) is 30.4. The van der Waals surface area contributed by atoms with Gasteiger partial charge in [-0.25, -0.2) is 9.59 Å². The van der Waals surface area contributed by atoms with Crippen LogP contribution in [0.5, 0.6) is 0 Å². The summed E-state index contributed by atoms with van der Waals surface area (Å²) in [5, 5.41) is 53.9. The Balaban J connectivity index is 0.00000104. The summed E-state index contributed by atoms with van der Waals surface area (Å²) < 4.78 is 31.6. The molecule has 2 aliphatic rings. The second kappa shape index (κ2) is 21.1. The molecule has 0 aliphatic carbocycles. The van der Waals surface area contributed by atoms with E-state index in [9.17, 15) is 24.9 Å². The third kappa shape index (κ3) is 11.8. The molecule has 4 rings (SSSR count). The fourth-order valence-electron chi connectivity index (χ4n) is 4.62. The Morgan fingerprint density at radius 3 is 1.57 bits per heavy atom. The standard InChI is InChI=1S/C23H26O7.C7H14O5.CH4O.CH3O.Na/c1-14-5-9-16(10-6-14)20(24)28-13-18-19(23(3,26)22(27-4)29-18)30-21(25)17-11-7-15(2)8-12-17;1-7(10)5(9)4(3-8)12-6(7)11-2;2*1-2;/h5-12,18-19,22,26H,13H2,1-4H3;4-6,8-10H,3H2,1-2H3;2H,1H3;1H3;/q;;;-1;+1/t18-,19-,22?,23-;4-,5-,6?,7-;;;/m11.../s1. The molecule has 0 radical (unpaired) electrons. The minimum atomic E-state index is -1.63. The van der Waals surface area contributed by atoms with Gasteiger partial charge >= 0.3 is 41.5 Å². The molecule has 14 nitrogen and oxygen atoms in total. The molecule has 0 bridgehead atoms. The van der Waals surface area contributed by atoms with Crippen molar-refractivity contribution < 1.29 is 98.2 Å². The molecule has 2 saturated heterocycles. The van der Waals surface area contributed by atoms with E-state index >= 15 is 0 Å². The van der Waals surface area contributed by atoms with E-state index in [1.165, 1.54) is 28.1 Å². The first-order valence-electron chi connectivity index (χ1n) is 14.2. The molecule has 0 saturated carbocycles. The van der Waals surface area contributed by atoms with E-state index in [1.54, 1.807) is 48.5 Å². The number of benzene rings is 2. The van der Waals surface area contributed by atoms with Crippen molar-refractivity contribution in [2.45, 2.75) is 75.9 Å². The van der Waals surface area contributed by atoms with Gasteiger partial charge in [-0.15, -0.1) is 0 Å². The summed E-state index contributed by atoms with van der Waals surface area (Å²) >= 11 is 0. The van der Waals surface area contributed by atoms with Crippen molar-refractivity contribution in [3.8, 4) is 0 Å². The van der Waals surface area contributed by atoms with Crippen LogP contribution in [-0.2, 0) is 28.4 Å².